The lowest BCUT2D eigenvalue weighted by atomic mass is 10.0. The second kappa shape index (κ2) is 5.38. The third-order valence-electron chi connectivity index (χ3n) is 1.91. The predicted molar refractivity (Wildman–Crippen MR) is 54.7 cm³/mol. The Morgan fingerprint density at radius 3 is 2.53 bits per heavy atom. The first-order chi connectivity index (χ1) is 7.99. The maximum atomic E-state index is 12.6. The highest BCUT2D eigenvalue weighted by Crippen LogP contribution is 2.32. The van der Waals surface area contributed by atoms with Crippen molar-refractivity contribution in [2.75, 3.05) is 6.61 Å². The van der Waals surface area contributed by atoms with Gasteiger partial charge in [-0.25, -0.2) is 0 Å². The zero-order valence-corrected chi connectivity index (χ0v) is 8.67. The molecule has 88 valence electrons. The van der Waals surface area contributed by atoms with Crippen LogP contribution in [0.3, 0.4) is 0 Å². The first kappa shape index (κ1) is 13.1. The van der Waals surface area contributed by atoms with Crippen molar-refractivity contribution in [3.05, 3.63) is 34.9 Å². The Labute approximate surface area is 96.3 Å². The molecule has 0 unspecified atom stereocenters. The van der Waals surface area contributed by atoms with Gasteiger partial charge in [0.1, 0.15) is 0 Å². The monoisotopic (exact) mass is 239 g/mol. The summed E-state index contributed by atoms with van der Waals surface area (Å²) in [6, 6.07) is 4.85. The summed E-state index contributed by atoms with van der Waals surface area (Å²) in [6.45, 7) is -0.204. The van der Waals surface area contributed by atoms with Gasteiger partial charge >= 0.3 is 6.18 Å². The zero-order chi connectivity index (χ0) is 12.9. The van der Waals surface area contributed by atoms with Crippen LogP contribution in [0.5, 0.6) is 0 Å². The van der Waals surface area contributed by atoms with Crippen LogP contribution in [-0.2, 0) is 6.18 Å². The minimum atomic E-state index is -4.55. The molecule has 0 bridgehead atoms. The van der Waals surface area contributed by atoms with Gasteiger partial charge in [-0.2, -0.15) is 18.4 Å². The van der Waals surface area contributed by atoms with Crippen molar-refractivity contribution in [3.63, 3.8) is 0 Å². The third-order valence-corrected chi connectivity index (χ3v) is 1.91. The van der Waals surface area contributed by atoms with Gasteiger partial charge in [0, 0.05) is 12.0 Å². The van der Waals surface area contributed by atoms with E-state index >= 15 is 0 Å². The molecular weight excluding hydrogens is 231 g/mol. The lowest BCUT2D eigenvalue weighted by Crippen LogP contribution is -2.08. The van der Waals surface area contributed by atoms with Crippen LogP contribution in [0.15, 0.2) is 18.2 Å². The Balaban J connectivity index is 3.23. The Kier molecular flexibility index (Phi) is 4.14. The molecule has 1 aromatic carbocycles. The quantitative estimate of drug-likeness (QED) is 0.764. The van der Waals surface area contributed by atoms with Crippen molar-refractivity contribution >= 4 is 0 Å². The molecular formula is C12H8F3NO. The molecule has 0 aliphatic rings. The van der Waals surface area contributed by atoms with E-state index in [4.69, 9.17) is 10.4 Å². The van der Waals surface area contributed by atoms with Crippen LogP contribution in [0.2, 0.25) is 0 Å². The fourth-order valence-electron chi connectivity index (χ4n) is 1.17. The largest absolute Gasteiger partial charge is 0.417 e. The molecule has 0 spiro atoms. The molecule has 0 saturated heterocycles. The van der Waals surface area contributed by atoms with E-state index in [-0.39, 0.29) is 24.2 Å². The zero-order valence-electron chi connectivity index (χ0n) is 8.67. The van der Waals surface area contributed by atoms with E-state index in [1.807, 2.05) is 0 Å². The number of halogens is 3. The number of rotatable bonds is 1. The maximum absolute atomic E-state index is 12.6. The Hall–Kier alpha value is -1.98. The summed E-state index contributed by atoms with van der Waals surface area (Å²) in [5, 5.41) is 17.0. The van der Waals surface area contributed by atoms with Crippen LogP contribution >= 0.6 is 0 Å². The third kappa shape index (κ3) is 3.51. The normalized spacial score (nSPS) is 10.3. The van der Waals surface area contributed by atoms with Gasteiger partial charge in [0.05, 0.1) is 23.8 Å². The van der Waals surface area contributed by atoms with Gasteiger partial charge in [-0.3, -0.25) is 0 Å². The van der Waals surface area contributed by atoms with Crippen molar-refractivity contribution in [2.24, 2.45) is 0 Å². The maximum Gasteiger partial charge on any atom is 0.417 e. The van der Waals surface area contributed by atoms with E-state index in [1.165, 1.54) is 6.07 Å². The molecule has 1 N–H and O–H groups in total. The van der Waals surface area contributed by atoms with Crippen molar-refractivity contribution in [3.8, 4) is 17.9 Å². The molecule has 5 heteroatoms. The molecule has 0 radical (unpaired) electrons. The van der Waals surface area contributed by atoms with Crippen LogP contribution < -0.4 is 0 Å². The topological polar surface area (TPSA) is 44.0 Å². The lowest BCUT2D eigenvalue weighted by molar-refractivity contribution is -0.137. The number of aliphatic hydroxyl groups excluding tert-OH is 1. The van der Waals surface area contributed by atoms with E-state index in [0.29, 0.717) is 0 Å². The molecule has 1 rings (SSSR count). The van der Waals surface area contributed by atoms with Crippen molar-refractivity contribution in [1.29, 1.82) is 5.26 Å². The fraction of sp³-hybridized carbons (Fsp3) is 0.250. The molecule has 0 amide bonds. The molecule has 0 aliphatic carbocycles. The summed E-state index contributed by atoms with van der Waals surface area (Å²) in [5.74, 6) is 4.75. The predicted octanol–water partition coefficient (Wildman–Crippen LogP) is 2.31. The molecule has 0 aliphatic heterocycles. The Morgan fingerprint density at radius 1 is 1.29 bits per heavy atom. The summed E-state index contributed by atoms with van der Waals surface area (Å²) in [4.78, 5) is 0. The first-order valence-corrected chi connectivity index (χ1v) is 4.70. The molecule has 2 nitrogen and oxygen atoms in total. The van der Waals surface area contributed by atoms with Crippen molar-refractivity contribution in [1.82, 2.24) is 0 Å². The molecule has 1 aromatic rings. The molecule has 0 atom stereocenters. The summed E-state index contributed by atoms with van der Waals surface area (Å²) >= 11 is 0. The lowest BCUT2D eigenvalue weighted by Gasteiger charge is -2.09. The van der Waals surface area contributed by atoms with E-state index in [0.717, 1.165) is 12.1 Å². The van der Waals surface area contributed by atoms with Gasteiger partial charge < -0.3 is 5.11 Å². The van der Waals surface area contributed by atoms with Gasteiger partial charge in [0.25, 0.3) is 0 Å². The van der Waals surface area contributed by atoms with Crippen LogP contribution in [0.25, 0.3) is 0 Å². The smallest absolute Gasteiger partial charge is 0.395 e. The minimum absolute atomic E-state index is 0.0648. The number of benzene rings is 1. The van der Waals surface area contributed by atoms with E-state index in [9.17, 15) is 13.2 Å². The number of hydrogen-bond donors (Lipinski definition) is 1. The van der Waals surface area contributed by atoms with Crippen molar-refractivity contribution in [2.45, 2.75) is 12.6 Å². The van der Waals surface area contributed by atoms with Gasteiger partial charge in [0.2, 0.25) is 0 Å². The summed E-state index contributed by atoms with van der Waals surface area (Å²) in [6.07, 6.45) is -4.44. The second-order valence-electron chi connectivity index (χ2n) is 3.15. The van der Waals surface area contributed by atoms with E-state index in [2.05, 4.69) is 11.8 Å². The average Bonchev–Trinajstić information content (AvgIpc) is 2.28. The summed E-state index contributed by atoms with van der Waals surface area (Å²) in [7, 11) is 0. The van der Waals surface area contributed by atoms with Gasteiger partial charge in [0.15, 0.2) is 0 Å². The molecule has 0 saturated carbocycles. The highest BCUT2D eigenvalue weighted by Gasteiger charge is 2.33. The highest BCUT2D eigenvalue weighted by molar-refractivity contribution is 5.47. The summed E-state index contributed by atoms with van der Waals surface area (Å²) in [5.41, 5.74) is -1.18. The van der Waals surface area contributed by atoms with Crippen LogP contribution in [0.4, 0.5) is 13.2 Å². The number of nitriles is 1. The van der Waals surface area contributed by atoms with Crippen LogP contribution in [0.1, 0.15) is 23.1 Å². The van der Waals surface area contributed by atoms with Crippen LogP contribution in [-0.4, -0.2) is 11.7 Å². The van der Waals surface area contributed by atoms with Gasteiger partial charge in [-0.05, 0) is 18.2 Å². The molecule has 0 aromatic heterocycles. The molecule has 0 fully saturated rings. The van der Waals surface area contributed by atoms with E-state index < -0.39 is 11.7 Å². The average molecular weight is 239 g/mol. The first-order valence-electron chi connectivity index (χ1n) is 4.70. The SMILES string of the molecule is N#Cc1ccc(C#CCCO)c(C(F)(F)F)c1. The van der Waals surface area contributed by atoms with Crippen molar-refractivity contribution < 1.29 is 18.3 Å². The number of hydrogen-bond acceptors (Lipinski definition) is 2. The summed E-state index contributed by atoms with van der Waals surface area (Å²) < 4.78 is 37.9. The second-order valence-corrected chi connectivity index (χ2v) is 3.15. The van der Waals surface area contributed by atoms with Gasteiger partial charge in [-0.15, -0.1) is 0 Å². The van der Waals surface area contributed by atoms with Crippen LogP contribution in [0, 0.1) is 23.2 Å². The number of nitrogens with zero attached hydrogens (tertiary/aromatic N) is 1. The molecule has 0 heterocycles. The van der Waals surface area contributed by atoms with Gasteiger partial charge in [-0.1, -0.05) is 11.8 Å². The highest BCUT2D eigenvalue weighted by atomic mass is 19.4. The number of aliphatic hydroxyl groups is 1. The number of alkyl halides is 3. The molecule has 17 heavy (non-hydrogen) atoms. The Bertz CT molecular complexity index is 503. The van der Waals surface area contributed by atoms with E-state index in [1.54, 1.807) is 6.07 Å². The Morgan fingerprint density at radius 2 is 2.00 bits per heavy atom. The standard InChI is InChI=1S/C12H8F3NO/c13-12(14,15)11-7-9(8-16)4-5-10(11)3-1-2-6-17/h4-5,7,17H,2,6H2. The fourth-order valence-corrected chi connectivity index (χ4v) is 1.17. The minimum Gasteiger partial charge on any atom is -0.395 e.